The minimum Gasteiger partial charge on any atom is -0.453 e. The first kappa shape index (κ1) is 35.9. The number of halogens is 1. The van der Waals surface area contributed by atoms with Gasteiger partial charge in [-0.15, -0.1) is 0 Å². The molecule has 9 rings (SSSR count). The topological polar surface area (TPSA) is 159 Å². The fraction of sp³-hybridized carbons (Fsp3) is 0.390. The smallest absolute Gasteiger partial charge is 0.253 e. The quantitative estimate of drug-likeness (QED) is 0.215. The van der Waals surface area contributed by atoms with Crippen molar-refractivity contribution in [2.45, 2.75) is 38.5 Å². The summed E-state index contributed by atoms with van der Waals surface area (Å²) in [4.78, 5) is 69.8. The molecular formula is C41H42ClN9O5. The van der Waals surface area contributed by atoms with E-state index in [1.165, 1.54) is 6.20 Å². The van der Waals surface area contributed by atoms with Gasteiger partial charge in [0.25, 0.3) is 5.91 Å². The maximum absolute atomic E-state index is 13.7. The third-order valence-electron chi connectivity index (χ3n) is 11.8. The number of imidazole rings is 1. The first-order valence-corrected chi connectivity index (χ1v) is 19.5. The summed E-state index contributed by atoms with van der Waals surface area (Å²) in [5.74, 6) is 1.57. The molecule has 4 aliphatic rings. The third kappa shape index (κ3) is 6.76. The van der Waals surface area contributed by atoms with Crippen LogP contribution in [0.5, 0.6) is 11.5 Å². The van der Waals surface area contributed by atoms with E-state index in [-0.39, 0.29) is 35.5 Å². The molecule has 5 aromatic rings. The van der Waals surface area contributed by atoms with Gasteiger partial charge in [0.05, 0.1) is 23.4 Å². The molecule has 0 radical (unpaired) electrons. The van der Waals surface area contributed by atoms with E-state index in [4.69, 9.17) is 16.3 Å². The molecule has 4 aliphatic heterocycles. The average Bonchev–Trinajstić information content (AvgIpc) is 3.98. The van der Waals surface area contributed by atoms with Crippen LogP contribution in [0.4, 0.5) is 5.69 Å². The molecule has 2 N–H and O–H groups in total. The Morgan fingerprint density at radius 1 is 0.946 bits per heavy atom. The van der Waals surface area contributed by atoms with Crippen molar-refractivity contribution >= 4 is 52.1 Å². The molecule has 7 heterocycles. The fourth-order valence-electron chi connectivity index (χ4n) is 8.86. The first-order chi connectivity index (χ1) is 27.1. The molecule has 2 aromatic carbocycles. The van der Waals surface area contributed by atoms with Gasteiger partial charge in [-0.1, -0.05) is 23.7 Å². The molecule has 4 saturated heterocycles. The highest BCUT2D eigenvalue weighted by Crippen LogP contribution is 2.38. The van der Waals surface area contributed by atoms with Gasteiger partial charge in [-0.3, -0.25) is 29.2 Å². The lowest BCUT2D eigenvalue weighted by molar-refractivity contribution is -0.136. The van der Waals surface area contributed by atoms with E-state index in [9.17, 15) is 19.2 Å². The number of anilines is 1. The highest BCUT2D eigenvalue weighted by atomic mass is 35.5. The average molecular weight is 776 g/mol. The van der Waals surface area contributed by atoms with E-state index >= 15 is 0 Å². The van der Waals surface area contributed by atoms with Crippen LogP contribution in [0, 0.1) is 24.7 Å². The van der Waals surface area contributed by atoms with Gasteiger partial charge < -0.3 is 24.4 Å². The second-order valence-corrected chi connectivity index (χ2v) is 15.9. The normalized spacial score (nSPS) is 21.5. The predicted molar refractivity (Wildman–Crippen MR) is 208 cm³/mol. The summed E-state index contributed by atoms with van der Waals surface area (Å²) in [7, 11) is 1.85. The number of aromatic nitrogens is 5. The number of aryl methyl sites for hydroxylation is 2. The van der Waals surface area contributed by atoms with E-state index in [0.29, 0.717) is 89.7 Å². The number of rotatable bonds is 7. The van der Waals surface area contributed by atoms with Crippen LogP contribution in [-0.4, -0.2) is 97.4 Å². The molecule has 0 saturated carbocycles. The molecular weight excluding hydrogens is 734 g/mol. The Hall–Kier alpha value is -5.76. The maximum atomic E-state index is 13.7. The zero-order valence-electron chi connectivity index (χ0n) is 31.2. The number of carbonyl (C=O) groups excluding carboxylic acids is 4. The van der Waals surface area contributed by atoms with Crippen molar-refractivity contribution in [3.8, 4) is 22.9 Å². The molecule has 15 heteroatoms. The lowest BCUT2D eigenvalue weighted by atomic mass is 9.90. The summed E-state index contributed by atoms with van der Waals surface area (Å²) in [5, 5.41) is 7.19. The Morgan fingerprint density at radius 3 is 2.39 bits per heavy atom. The summed E-state index contributed by atoms with van der Waals surface area (Å²) in [6.07, 6.45) is 5.55. The second kappa shape index (κ2) is 14.4. The van der Waals surface area contributed by atoms with Crippen molar-refractivity contribution in [1.82, 2.24) is 39.8 Å². The minimum absolute atomic E-state index is 0.0747. The molecule has 56 heavy (non-hydrogen) atoms. The zero-order valence-corrected chi connectivity index (χ0v) is 32.0. The van der Waals surface area contributed by atoms with Gasteiger partial charge >= 0.3 is 0 Å². The van der Waals surface area contributed by atoms with Crippen LogP contribution in [0.15, 0.2) is 60.9 Å². The number of likely N-dealkylation sites (tertiary alicyclic amines) is 2. The zero-order chi connectivity index (χ0) is 38.7. The van der Waals surface area contributed by atoms with Crippen molar-refractivity contribution in [1.29, 1.82) is 0 Å². The lowest BCUT2D eigenvalue weighted by Crippen LogP contribution is -2.44. The number of amides is 4. The molecule has 14 nitrogen and oxygen atoms in total. The Balaban J connectivity index is 0.775. The van der Waals surface area contributed by atoms with Gasteiger partial charge in [-0.25, -0.2) is 9.97 Å². The number of hydrogen-bond acceptors (Lipinski definition) is 9. The van der Waals surface area contributed by atoms with Crippen molar-refractivity contribution in [3.63, 3.8) is 0 Å². The van der Waals surface area contributed by atoms with E-state index in [2.05, 4.69) is 42.4 Å². The summed E-state index contributed by atoms with van der Waals surface area (Å²) in [6, 6.07) is 15.1. The number of pyridine rings is 1. The van der Waals surface area contributed by atoms with Crippen LogP contribution in [0.25, 0.3) is 22.6 Å². The third-order valence-corrected chi connectivity index (χ3v) is 12.1. The maximum Gasteiger partial charge on any atom is 0.253 e. The summed E-state index contributed by atoms with van der Waals surface area (Å²) in [5.41, 5.74) is 5.26. The number of hydrogen-bond donors (Lipinski definition) is 2. The van der Waals surface area contributed by atoms with Crippen LogP contribution in [0.3, 0.4) is 0 Å². The van der Waals surface area contributed by atoms with Crippen LogP contribution in [0.2, 0.25) is 5.02 Å². The van der Waals surface area contributed by atoms with E-state index < -0.39 is 0 Å². The van der Waals surface area contributed by atoms with Gasteiger partial charge in [-0.2, -0.15) is 5.10 Å². The highest BCUT2D eigenvalue weighted by Gasteiger charge is 2.43. The Labute approximate surface area is 328 Å². The molecule has 4 amide bonds. The van der Waals surface area contributed by atoms with Gasteiger partial charge in [0.15, 0.2) is 11.4 Å². The highest BCUT2D eigenvalue weighted by molar-refractivity contribution is 6.32. The number of nitrogens with one attached hydrogen (secondary N) is 2. The van der Waals surface area contributed by atoms with Crippen LogP contribution in [-0.2, 0) is 21.4 Å². The van der Waals surface area contributed by atoms with Gasteiger partial charge in [0.1, 0.15) is 22.1 Å². The SMILES string of the molecule is Cc1nn(C)cc1-c1nc2ncc(Cl)c(Oc3ccc(C(=O)N4CCC(C(=O)N5CC6CN(c7cccc([C@@H]8CCC(=O)NC8=O)c7)CC6C5)CC4)cc3)c2[nH]1. The molecule has 4 fully saturated rings. The van der Waals surface area contributed by atoms with E-state index in [0.717, 1.165) is 48.7 Å². The molecule has 3 aromatic heterocycles. The molecule has 0 bridgehead atoms. The Bertz CT molecular complexity index is 2350. The monoisotopic (exact) mass is 775 g/mol. The molecule has 2 unspecified atom stereocenters. The number of nitrogens with zero attached hydrogens (tertiary/aromatic N) is 7. The minimum atomic E-state index is -0.310. The summed E-state index contributed by atoms with van der Waals surface area (Å²) >= 11 is 6.53. The van der Waals surface area contributed by atoms with Gasteiger partial charge in [-0.05, 0) is 68.1 Å². The van der Waals surface area contributed by atoms with E-state index in [1.807, 2.05) is 42.1 Å². The number of benzene rings is 2. The van der Waals surface area contributed by atoms with Crippen LogP contribution >= 0.6 is 11.6 Å². The molecule has 0 aliphatic carbocycles. The van der Waals surface area contributed by atoms with Crippen molar-refractivity contribution in [3.05, 3.63) is 82.8 Å². The summed E-state index contributed by atoms with van der Waals surface area (Å²) < 4.78 is 7.94. The summed E-state index contributed by atoms with van der Waals surface area (Å²) in [6.45, 7) is 6.16. The molecule has 288 valence electrons. The molecule has 3 atom stereocenters. The number of H-pyrrole nitrogens is 1. The lowest BCUT2D eigenvalue weighted by Gasteiger charge is -2.33. The number of imide groups is 1. The van der Waals surface area contributed by atoms with Gasteiger partial charge in [0.2, 0.25) is 17.7 Å². The number of fused-ring (bicyclic) bond motifs is 2. The largest absolute Gasteiger partial charge is 0.453 e. The number of aromatic amines is 1. The van der Waals surface area contributed by atoms with Crippen LogP contribution in [0.1, 0.15) is 53.2 Å². The number of ether oxygens (including phenoxy) is 1. The first-order valence-electron chi connectivity index (χ1n) is 19.2. The predicted octanol–water partition coefficient (Wildman–Crippen LogP) is 5.08. The Morgan fingerprint density at radius 2 is 1.70 bits per heavy atom. The van der Waals surface area contributed by atoms with Crippen molar-refractivity contribution in [2.75, 3.05) is 44.2 Å². The van der Waals surface area contributed by atoms with Crippen molar-refractivity contribution < 1.29 is 23.9 Å². The van der Waals surface area contributed by atoms with Crippen molar-refractivity contribution in [2.24, 2.45) is 24.8 Å². The van der Waals surface area contributed by atoms with Gasteiger partial charge in [0, 0.05) is 87.9 Å². The molecule has 0 spiro atoms. The Kier molecular flexibility index (Phi) is 9.23. The standard InChI is InChI=1S/C41H42ClN9O5/c1-23-32(22-48(2)47-23)37-45-35-36(33(42)17-43-38(35)46-37)56-30-8-6-24(7-9-30)40(54)49-14-12-25(13-15-49)41(55)51-20-27-18-50(19-28(27)21-51)29-5-3-4-26(16-29)31-10-11-34(52)44-39(31)53/h3-9,16-17,22,25,27-28,31H,10-15,18-21H2,1-2H3,(H,43,45,46)(H,44,52,53)/t27?,28?,31-/m0/s1. The number of piperidine rings is 2. The number of carbonyl (C=O) groups is 4. The van der Waals surface area contributed by atoms with Crippen LogP contribution < -0.4 is 15.0 Å². The second-order valence-electron chi connectivity index (χ2n) is 15.5. The van der Waals surface area contributed by atoms with E-state index in [1.54, 1.807) is 28.9 Å². The fourth-order valence-corrected chi connectivity index (χ4v) is 9.04.